The first kappa shape index (κ1) is 22.8. The highest BCUT2D eigenvalue weighted by molar-refractivity contribution is 5.98. The van der Waals surface area contributed by atoms with Gasteiger partial charge in [0.05, 0.1) is 12.6 Å². The molecule has 0 spiro atoms. The molecule has 2 aromatic rings. The molecule has 156 valence electrons. The van der Waals surface area contributed by atoms with Gasteiger partial charge in [0.1, 0.15) is 5.75 Å². The number of halogens is 1. The Hall–Kier alpha value is -2.44. The van der Waals surface area contributed by atoms with Crippen LogP contribution < -0.4 is 10.1 Å². The molecule has 1 N–H and O–H groups in total. The number of ether oxygens (including phenoxy) is 1. The van der Waals surface area contributed by atoms with Crippen molar-refractivity contribution in [2.24, 2.45) is 0 Å². The molecule has 29 heavy (non-hydrogen) atoms. The second kappa shape index (κ2) is 11.5. The average molecular weight is 418 g/mol. The predicted molar refractivity (Wildman–Crippen MR) is 115 cm³/mol. The molecule has 1 aromatic heterocycles. The maximum Gasteiger partial charge on any atom is 0.223 e. The lowest BCUT2D eigenvalue weighted by molar-refractivity contribution is -0.134. The maximum absolute atomic E-state index is 12.8. The number of piperazine rings is 1. The normalized spacial score (nSPS) is 16.0. The summed E-state index contributed by atoms with van der Waals surface area (Å²) in [4.78, 5) is 31.3. The van der Waals surface area contributed by atoms with Crippen LogP contribution in [0.4, 0.5) is 0 Å². The first-order chi connectivity index (χ1) is 13.7. The number of ketones is 1. The van der Waals surface area contributed by atoms with Crippen molar-refractivity contribution in [3.63, 3.8) is 0 Å². The molecule has 1 aliphatic rings. The highest BCUT2D eigenvalue weighted by atomic mass is 35.5. The van der Waals surface area contributed by atoms with Gasteiger partial charge in [-0.25, -0.2) is 0 Å². The van der Waals surface area contributed by atoms with Gasteiger partial charge < -0.3 is 15.0 Å². The van der Waals surface area contributed by atoms with E-state index in [1.54, 1.807) is 36.7 Å². The van der Waals surface area contributed by atoms with Gasteiger partial charge in [-0.2, -0.15) is 0 Å². The summed E-state index contributed by atoms with van der Waals surface area (Å²) in [5, 5.41) is 3.33. The van der Waals surface area contributed by atoms with Gasteiger partial charge in [-0.05, 0) is 42.3 Å². The van der Waals surface area contributed by atoms with E-state index in [0.717, 1.165) is 24.3 Å². The number of hydrogen-bond donors (Lipinski definition) is 1. The summed E-state index contributed by atoms with van der Waals surface area (Å²) in [6.07, 6.45) is 4.88. The largest absolute Gasteiger partial charge is 0.494 e. The van der Waals surface area contributed by atoms with Crippen molar-refractivity contribution in [3.8, 4) is 5.75 Å². The molecule has 1 amide bonds. The lowest BCUT2D eigenvalue weighted by Gasteiger charge is -2.36. The van der Waals surface area contributed by atoms with E-state index in [1.165, 1.54) is 0 Å². The molecule has 1 atom stereocenters. The molecule has 1 fully saturated rings. The van der Waals surface area contributed by atoms with Crippen LogP contribution in [-0.2, 0) is 4.79 Å². The van der Waals surface area contributed by atoms with Gasteiger partial charge in [-0.1, -0.05) is 13.0 Å². The third-order valence-electron chi connectivity index (χ3n) is 4.85. The van der Waals surface area contributed by atoms with Crippen molar-refractivity contribution in [3.05, 3.63) is 59.9 Å². The summed E-state index contributed by atoms with van der Waals surface area (Å²) in [6, 6.07) is 11.0. The molecule has 0 aliphatic carbocycles. The maximum atomic E-state index is 12.8. The Bertz CT molecular complexity index is 784. The SMILES string of the molecule is CCCOc1ccc(C(=O)CCC(=O)N2CCNCC2c2cccnc2)cc1.Cl. The predicted octanol–water partition coefficient (Wildman–Crippen LogP) is 3.43. The molecule has 3 rings (SSSR count). The van der Waals surface area contributed by atoms with Gasteiger partial charge in [0.25, 0.3) is 0 Å². The number of amides is 1. The Morgan fingerprint density at radius 1 is 1.21 bits per heavy atom. The van der Waals surface area contributed by atoms with Crippen molar-refractivity contribution in [1.82, 2.24) is 15.2 Å². The third kappa shape index (κ3) is 6.27. The lowest BCUT2D eigenvalue weighted by Crippen LogP contribution is -2.48. The molecule has 1 saturated heterocycles. The summed E-state index contributed by atoms with van der Waals surface area (Å²) < 4.78 is 5.54. The van der Waals surface area contributed by atoms with Gasteiger partial charge in [0, 0.05) is 50.4 Å². The fourth-order valence-electron chi connectivity index (χ4n) is 3.34. The minimum atomic E-state index is -0.0416. The number of hydrogen-bond acceptors (Lipinski definition) is 5. The molecule has 1 aromatic carbocycles. The summed E-state index contributed by atoms with van der Waals surface area (Å²) >= 11 is 0. The Morgan fingerprint density at radius 2 is 2.00 bits per heavy atom. The summed E-state index contributed by atoms with van der Waals surface area (Å²) in [5.74, 6) is 0.740. The molecule has 7 heteroatoms. The van der Waals surface area contributed by atoms with Gasteiger partial charge in [0.2, 0.25) is 5.91 Å². The zero-order valence-electron chi connectivity index (χ0n) is 16.7. The van der Waals surface area contributed by atoms with Crippen LogP contribution in [0.25, 0.3) is 0 Å². The highest BCUT2D eigenvalue weighted by Crippen LogP contribution is 2.23. The molecule has 1 unspecified atom stereocenters. The molecule has 2 heterocycles. The summed E-state index contributed by atoms with van der Waals surface area (Å²) in [6.45, 7) is 4.80. The molecular formula is C22H28ClN3O3. The number of pyridine rings is 1. The number of carbonyl (C=O) groups is 2. The van der Waals surface area contributed by atoms with Crippen molar-refractivity contribution in [2.45, 2.75) is 32.2 Å². The molecule has 0 radical (unpaired) electrons. The number of Topliss-reactive ketones (excluding diaryl/α,β-unsaturated/α-hetero) is 1. The Morgan fingerprint density at radius 3 is 2.69 bits per heavy atom. The van der Waals surface area contributed by atoms with Crippen LogP contribution in [0, 0.1) is 0 Å². The zero-order valence-corrected chi connectivity index (χ0v) is 17.5. The zero-order chi connectivity index (χ0) is 19.8. The quantitative estimate of drug-likeness (QED) is 0.666. The number of rotatable bonds is 8. The van der Waals surface area contributed by atoms with Gasteiger partial charge >= 0.3 is 0 Å². The van der Waals surface area contributed by atoms with Crippen LogP contribution in [0.3, 0.4) is 0 Å². The smallest absolute Gasteiger partial charge is 0.223 e. The highest BCUT2D eigenvalue weighted by Gasteiger charge is 2.28. The van der Waals surface area contributed by atoms with E-state index in [9.17, 15) is 9.59 Å². The van der Waals surface area contributed by atoms with E-state index in [4.69, 9.17) is 4.74 Å². The standard InChI is InChI=1S/C22H27N3O3.ClH/c1-2-14-28-19-7-5-17(6-8-19)21(26)9-10-22(27)25-13-12-24-16-20(25)18-4-3-11-23-15-18;/h3-8,11,15,20,24H,2,9-10,12-14,16H2,1H3;1H. The van der Waals surface area contributed by atoms with Gasteiger partial charge in [-0.3, -0.25) is 14.6 Å². The topological polar surface area (TPSA) is 71.5 Å². The monoisotopic (exact) mass is 417 g/mol. The number of benzene rings is 1. The Labute approximate surface area is 178 Å². The van der Waals surface area contributed by atoms with Crippen LogP contribution in [0.2, 0.25) is 0 Å². The lowest BCUT2D eigenvalue weighted by atomic mass is 10.0. The Balaban J connectivity index is 0.00000300. The van der Waals surface area contributed by atoms with Gasteiger partial charge in [-0.15, -0.1) is 12.4 Å². The van der Waals surface area contributed by atoms with E-state index < -0.39 is 0 Å². The minimum absolute atomic E-state index is 0. The number of nitrogens with zero attached hydrogens (tertiary/aromatic N) is 2. The van der Waals surface area contributed by atoms with Gasteiger partial charge in [0.15, 0.2) is 5.78 Å². The van der Waals surface area contributed by atoms with E-state index in [1.807, 2.05) is 24.0 Å². The van der Waals surface area contributed by atoms with Crippen molar-refractivity contribution < 1.29 is 14.3 Å². The van der Waals surface area contributed by atoms with Crippen LogP contribution in [-0.4, -0.2) is 47.8 Å². The summed E-state index contributed by atoms with van der Waals surface area (Å²) in [5.41, 5.74) is 1.62. The fourth-order valence-corrected chi connectivity index (χ4v) is 3.34. The van der Waals surface area contributed by atoms with Crippen LogP contribution >= 0.6 is 12.4 Å². The molecular weight excluding hydrogens is 390 g/mol. The van der Waals surface area contributed by atoms with Crippen LogP contribution in [0.1, 0.15) is 48.1 Å². The molecule has 0 bridgehead atoms. The number of nitrogens with one attached hydrogen (secondary N) is 1. The van der Waals surface area contributed by atoms with E-state index >= 15 is 0 Å². The minimum Gasteiger partial charge on any atom is -0.494 e. The number of carbonyl (C=O) groups excluding carboxylic acids is 2. The average Bonchev–Trinajstić information content (AvgIpc) is 2.76. The Kier molecular flexibility index (Phi) is 9.09. The van der Waals surface area contributed by atoms with Crippen molar-refractivity contribution in [1.29, 1.82) is 0 Å². The van der Waals surface area contributed by atoms with E-state index in [-0.39, 0.29) is 43.0 Å². The van der Waals surface area contributed by atoms with Crippen LogP contribution in [0.15, 0.2) is 48.8 Å². The first-order valence-electron chi connectivity index (χ1n) is 9.85. The number of aromatic nitrogens is 1. The first-order valence-corrected chi connectivity index (χ1v) is 9.85. The van der Waals surface area contributed by atoms with Crippen molar-refractivity contribution >= 4 is 24.1 Å². The fraction of sp³-hybridized carbons (Fsp3) is 0.409. The van der Waals surface area contributed by atoms with E-state index in [0.29, 0.717) is 25.3 Å². The molecule has 1 aliphatic heterocycles. The van der Waals surface area contributed by atoms with Crippen LogP contribution in [0.5, 0.6) is 5.75 Å². The second-order valence-corrected chi connectivity index (χ2v) is 6.89. The van der Waals surface area contributed by atoms with Crippen molar-refractivity contribution in [2.75, 3.05) is 26.2 Å². The third-order valence-corrected chi connectivity index (χ3v) is 4.85. The second-order valence-electron chi connectivity index (χ2n) is 6.89. The molecule has 6 nitrogen and oxygen atoms in total. The molecule has 0 saturated carbocycles. The summed E-state index contributed by atoms with van der Waals surface area (Å²) in [7, 11) is 0. The van der Waals surface area contributed by atoms with E-state index in [2.05, 4.69) is 10.3 Å².